The lowest BCUT2D eigenvalue weighted by Gasteiger charge is -2.10. The first-order valence-electron chi connectivity index (χ1n) is 6.70. The molecule has 0 amide bonds. The first kappa shape index (κ1) is 17.1. The zero-order chi connectivity index (χ0) is 15.5. The lowest BCUT2D eigenvalue weighted by molar-refractivity contribution is 0.195. The molecule has 4 N–H and O–H groups in total. The van der Waals surface area contributed by atoms with Gasteiger partial charge in [0.05, 0.1) is 20.8 Å². The minimum atomic E-state index is 0.483. The molecule has 0 heterocycles. The zero-order valence-electron chi connectivity index (χ0n) is 12.8. The van der Waals surface area contributed by atoms with Gasteiger partial charge in [-0.25, -0.2) is 10.8 Å². The van der Waals surface area contributed by atoms with E-state index in [4.69, 9.17) is 20.1 Å². The molecule has 0 aliphatic heterocycles. The van der Waals surface area contributed by atoms with Crippen molar-refractivity contribution >= 4 is 5.96 Å². The molecule has 1 aromatic carbocycles. The lowest BCUT2D eigenvalue weighted by Crippen LogP contribution is -2.42. The topological polar surface area (TPSA) is 90.1 Å². The SMILES string of the molecule is COCCCNC(=NCc1ccc(OC)c(OC)c1)NN. The fourth-order valence-corrected chi connectivity index (χ4v) is 1.73. The molecule has 0 spiro atoms. The summed E-state index contributed by atoms with van der Waals surface area (Å²) < 4.78 is 15.4. The summed E-state index contributed by atoms with van der Waals surface area (Å²) in [7, 11) is 4.89. The Labute approximate surface area is 125 Å². The number of nitrogens with zero attached hydrogens (tertiary/aromatic N) is 1. The molecule has 1 rings (SSSR count). The first-order valence-corrected chi connectivity index (χ1v) is 6.70. The predicted molar refractivity (Wildman–Crippen MR) is 82.5 cm³/mol. The quantitative estimate of drug-likeness (QED) is 0.214. The molecule has 0 aliphatic rings. The molecule has 0 aromatic heterocycles. The van der Waals surface area contributed by atoms with Crippen molar-refractivity contribution in [2.75, 3.05) is 34.5 Å². The lowest BCUT2D eigenvalue weighted by atomic mass is 10.2. The van der Waals surface area contributed by atoms with Gasteiger partial charge in [-0.05, 0) is 24.1 Å². The molecule has 0 saturated carbocycles. The monoisotopic (exact) mass is 296 g/mol. The number of guanidine groups is 1. The largest absolute Gasteiger partial charge is 0.493 e. The fourth-order valence-electron chi connectivity index (χ4n) is 1.73. The number of hydrogen-bond acceptors (Lipinski definition) is 5. The van der Waals surface area contributed by atoms with Crippen molar-refractivity contribution in [3.05, 3.63) is 23.8 Å². The molecule has 0 bridgehead atoms. The molecule has 1 aromatic rings. The van der Waals surface area contributed by atoms with Crippen LogP contribution in [0.15, 0.2) is 23.2 Å². The molecule has 0 radical (unpaired) electrons. The number of nitrogens with one attached hydrogen (secondary N) is 2. The van der Waals surface area contributed by atoms with E-state index in [9.17, 15) is 0 Å². The fraction of sp³-hybridized carbons (Fsp3) is 0.500. The maximum atomic E-state index is 5.43. The molecule has 0 aliphatic carbocycles. The van der Waals surface area contributed by atoms with Crippen molar-refractivity contribution in [1.29, 1.82) is 0 Å². The highest BCUT2D eigenvalue weighted by atomic mass is 16.5. The maximum Gasteiger partial charge on any atom is 0.206 e. The van der Waals surface area contributed by atoms with Gasteiger partial charge in [-0.2, -0.15) is 0 Å². The van der Waals surface area contributed by atoms with E-state index in [0.717, 1.165) is 18.5 Å². The average Bonchev–Trinajstić information content (AvgIpc) is 2.53. The molecule has 7 nitrogen and oxygen atoms in total. The second-order valence-electron chi connectivity index (χ2n) is 4.27. The average molecular weight is 296 g/mol. The number of benzene rings is 1. The van der Waals surface area contributed by atoms with Crippen LogP contribution >= 0.6 is 0 Å². The molecule has 7 heteroatoms. The van der Waals surface area contributed by atoms with E-state index in [1.165, 1.54) is 0 Å². The van der Waals surface area contributed by atoms with Crippen LogP contribution in [0.4, 0.5) is 0 Å². The van der Waals surface area contributed by atoms with Crippen molar-refractivity contribution in [2.24, 2.45) is 10.8 Å². The minimum Gasteiger partial charge on any atom is -0.493 e. The third-order valence-electron chi connectivity index (χ3n) is 2.82. The molecule has 0 fully saturated rings. The van der Waals surface area contributed by atoms with Crippen molar-refractivity contribution in [2.45, 2.75) is 13.0 Å². The van der Waals surface area contributed by atoms with Crippen molar-refractivity contribution in [3.8, 4) is 11.5 Å². The second-order valence-corrected chi connectivity index (χ2v) is 4.27. The van der Waals surface area contributed by atoms with Crippen LogP contribution in [0, 0.1) is 0 Å². The summed E-state index contributed by atoms with van der Waals surface area (Å²) in [6.45, 7) is 1.92. The predicted octanol–water partition coefficient (Wildman–Crippen LogP) is 0.649. The van der Waals surface area contributed by atoms with Gasteiger partial charge in [0.15, 0.2) is 11.5 Å². The number of ether oxygens (including phenoxy) is 3. The molecule has 0 atom stereocenters. The highest BCUT2D eigenvalue weighted by Crippen LogP contribution is 2.27. The van der Waals surface area contributed by atoms with Gasteiger partial charge >= 0.3 is 0 Å². The Balaban J connectivity index is 2.59. The molecule has 0 unspecified atom stereocenters. The minimum absolute atomic E-state index is 0.483. The van der Waals surface area contributed by atoms with Gasteiger partial charge in [-0.15, -0.1) is 0 Å². The smallest absolute Gasteiger partial charge is 0.206 e. The van der Waals surface area contributed by atoms with Crippen LogP contribution in [0.3, 0.4) is 0 Å². The molecule has 21 heavy (non-hydrogen) atoms. The molecular formula is C14H24N4O3. The third kappa shape index (κ3) is 5.88. The van der Waals surface area contributed by atoms with Crippen LogP contribution in [-0.2, 0) is 11.3 Å². The second kappa shape index (κ2) is 9.84. The molecular weight excluding hydrogens is 272 g/mol. The summed E-state index contributed by atoms with van der Waals surface area (Å²) in [5.41, 5.74) is 3.54. The van der Waals surface area contributed by atoms with Gasteiger partial charge in [-0.1, -0.05) is 6.07 Å². The van der Waals surface area contributed by atoms with Crippen LogP contribution in [-0.4, -0.2) is 40.4 Å². The van der Waals surface area contributed by atoms with Crippen LogP contribution < -0.4 is 26.1 Å². The van der Waals surface area contributed by atoms with Gasteiger partial charge in [0.2, 0.25) is 5.96 Å². The Morgan fingerprint density at radius 3 is 2.57 bits per heavy atom. The highest BCUT2D eigenvalue weighted by Gasteiger charge is 2.04. The first-order chi connectivity index (χ1) is 10.2. The number of aliphatic imine (C=N–C) groups is 1. The van der Waals surface area contributed by atoms with Crippen LogP contribution in [0.1, 0.15) is 12.0 Å². The van der Waals surface area contributed by atoms with Gasteiger partial charge in [0.25, 0.3) is 0 Å². The Morgan fingerprint density at radius 2 is 1.95 bits per heavy atom. The van der Waals surface area contributed by atoms with Crippen LogP contribution in [0.2, 0.25) is 0 Å². The summed E-state index contributed by atoms with van der Waals surface area (Å²) >= 11 is 0. The maximum absolute atomic E-state index is 5.43. The standard InChI is InChI=1S/C14H24N4O3/c1-19-8-4-7-16-14(18-15)17-10-11-5-6-12(20-2)13(9-11)21-3/h5-6,9H,4,7-8,10,15H2,1-3H3,(H2,16,17,18). The van der Waals surface area contributed by atoms with E-state index in [1.807, 2.05) is 18.2 Å². The molecule has 0 saturated heterocycles. The Bertz CT molecular complexity index is 452. The van der Waals surface area contributed by atoms with Gasteiger partial charge in [-0.3, -0.25) is 5.43 Å². The summed E-state index contributed by atoms with van der Waals surface area (Å²) in [4.78, 5) is 4.37. The van der Waals surface area contributed by atoms with Gasteiger partial charge in [0, 0.05) is 20.3 Å². The van der Waals surface area contributed by atoms with E-state index in [2.05, 4.69) is 15.7 Å². The number of hydrazine groups is 1. The Morgan fingerprint density at radius 1 is 1.19 bits per heavy atom. The molecule has 118 valence electrons. The highest BCUT2D eigenvalue weighted by molar-refractivity contribution is 5.79. The van der Waals surface area contributed by atoms with Crippen molar-refractivity contribution in [1.82, 2.24) is 10.7 Å². The van der Waals surface area contributed by atoms with Crippen LogP contribution in [0.5, 0.6) is 11.5 Å². The van der Waals surface area contributed by atoms with Crippen LogP contribution in [0.25, 0.3) is 0 Å². The number of nitrogens with two attached hydrogens (primary N) is 1. The van der Waals surface area contributed by atoms with Crippen molar-refractivity contribution < 1.29 is 14.2 Å². The summed E-state index contributed by atoms with van der Waals surface area (Å²) in [6, 6.07) is 5.68. The van der Waals surface area contributed by atoms with Gasteiger partial charge in [0.1, 0.15) is 0 Å². The van der Waals surface area contributed by atoms with E-state index < -0.39 is 0 Å². The summed E-state index contributed by atoms with van der Waals surface area (Å²) in [5, 5.41) is 3.10. The van der Waals surface area contributed by atoms with E-state index >= 15 is 0 Å². The normalized spacial score (nSPS) is 11.1. The summed E-state index contributed by atoms with van der Waals surface area (Å²) in [5.74, 6) is 7.35. The summed E-state index contributed by atoms with van der Waals surface area (Å²) in [6.07, 6.45) is 0.882. The third-order valence-corrected chi connectivity index (χ3v) is 2.82. The van der Waals surface area contributed by atoms with Gasteiger partial charge < -0.3 is 19.5 Å². The zero-order valence-corrected chi connectivity index (χ0v) is 12.8. The Hall–Kier alpha value is -1.99. The van der Waals surface area contributed by atoms with Crippen molar-refractivity contribution in [3.63, 3.8) is 0 Å². The number of methoxy groups -OCH3 is 3. The number of rotatable bonds is 8. The number of hydrogen-bond donors (Lipinski definition) is 3. The van der Waals surface area contributed by atoms with E-state index in [-0.39, 0.29) is 0 Å². The van der Waals surface area contributed by atoms with E-state index in [1.54, 1.807) is 21.3 Å². The van der Waals surface area contributed by atoms with E-state index in [0.29, 0.717) is 30.6 Å². The Kier molecular flexibility index (Phi) is 8.00.